The van der Waals surface area contributed by atoms with E-state index in [0.717, 1.165) is 49.3 Å². The minimum absolute atomic E-state index is 0.663. The van der Waals surface area contributed by atoms with Crippen LogP contribution in [-0.4, -0.2) is 30.7 Å². The van der Waals surface area contributed by atoms with Crippen LogP contribution in [-0.2, 0) is 0 Å². The third-order valence-electron chi connectivity index (χ3n) is 6.04. The van der Waals surface area contributed by atoms with E-state index >= 15 is 0 Å². The fourth-order valence-corrected chi connectivity index (χ4v) is 4.29. The Labute approximate surface area is 174 Å². The van der Waals surface area contributed by atoms with Gasteiger partial charge in [-0.2, -0.15) is 0 Å². The highest BCUT2D eigenvalue weighted by atomic mass is 15.2. The molecule has 1 fully saturated rings. The lowest BCUT2D eigenvalue weighted by Gasteiger charge is -2.34. The number of aryl methyl sites for hydroxylation is 1. The topological polar surface area (TPSA) is 40.2 Å². The molecule has 4 rings (SSSR count). The van der Waals surface area contributed by atoms with Gasteiger partial charge in [-0.3, -0.25) is 0 Å². The summed E-state index contributed by atoms with van der Waals surface area (Å²) in [6.45, 7) is 7.74. The lowest BCUT2D eigenvalue weighted by Crippen LogP contribution is -2.46. The van der Waals surface area contributed by atoms with Crippen LogP contribution in [0.15, 0.2) is 30.3 Å². The molecule has 0 saturated carbocycles. The predicted molar refractivity (Wildman–Crippen MR) is 124 cm³/mol. The van der Waals surface area contributed by atoms with Gasteiger partial charge in [0.2, 0.25) is 0 Å². The first kappa shape index (κ1) is 20.0. The first-order valence-electron chi connectivity index (χ1n) is 11.3. The number of hydrogen-bond acceptors (Lipinski definition) is 4. The number of fused-ring (bicyclic) bond motifs is 1. The van der Waals surface area contributed by atoms with Crippen LogP contribution in [0.2, 0.25) is 0 Å². The zero-order valence-corrected chi connectivity index (χ0v) is 17.9. The van der Waals surface area contributed by atoms with Gasteiger partial charge in [-0.1, -0.05) is 43.2 Å². The highest BCUT2D eigenvalue weighted by Gasteiger charge is 2.20. The molecule has 0 radical (unpaired) electrons. The second-order valence-electron chi connectivity index (χ2n) is 8.37. The number of hydrogen-bond donors (Lipinski definition) is 2. The monoisotopic (exact) mass is 390 g/mol. The van der Waals surface area contributed by atoms with Crippen molar-refractivity contribution in [2.75, 3.05) is 29.9 Å². The maximum Gasteiger partial charge on any atom is 0.133 e. The summed E-state index contributed by atoms with van der Waals surface area (Å²) in [4.78, 5) is 7.48. The largest absolute Gasteiger partial charge is 0.371 e. The molecule has 4 heteroatoms. The molecule has 0 spiro atoms. The summed E-state index contributed by atoms with van der Waals surface area (Å²) < 4.78 is 0. The minimum Gasteiger partial charge on any atom is -0.371 e. The van der Waals surface area contributed by atoms with Gasteiger partial charge in [0, 0.05) is 41.8 Å². The quantitative estimate of drug-likeness (QED) is 0.705. The maximum atomic E-state index is 4.91. The third kappa shape index (κ3) is 4.99. The summed E-state index contributed by atoms with van der Waals surface area (Å²) >= 11 is 0. The van der Waals surface area contributed by atoms with E-state index in [-0.39, 0.29) is 0 Å². The molecular weight excluding hydrogens is 356 g/mol. The minimum atomic E-state index is 0.663. The fourth-order valence-electron chi connectivity index (χ4n) is 4.29. The van der Waals surface area contributed by atoms with E-state index in [9.17, 15) is 0 Å². The van der Waals surface area contributed by atoms with Crippen LogP contribution in [0, 0.1) is 6.92 Å². The zero-order chi connectivity index (χ0) is 20.1. The lowest BCUT2D eigenvalue weighted by atomic mass is 10.0. The molecule has 1 aromatic carbocycles. The van der Waals surface area contributed by atoms with Crippen molar-refractivity contribution in [3.8, 4) is 0 Å². The summed E-state index contributed by atoms with van der Waals surface area (Å²) in [5.41, 5.74) is 3.70. The van der Waals surface area contributed by atoms with Crippen molar-refractivity contribution in [3.05, 3.63) is 46.5 Å². The maximum absolute atomic E-state index is 4.91. The summed E-state index contributed by atoms with van der Waals surface area (Å²) in [5, 5.41) is 9.71. The summed E-state index contributed by atoms with van der Waals surface area (Å²) in [6.07, 6.45) is 11.8. The number of unbranched alkanes of at least 4 members (excludes halogenated alkanes) is 1. The van der Waals surface area contributed by atoms with Gasteiger partial charge in [-0.15, -0.1) is 0 Å². The van der Waals surface area contributed by atoms with Crippen molar-refractivity contribution in [3.63, 3.8) is 0 Å². The molecule has 1 aliphatic heterocycles. The van der Waals surface area contributed by atoms with Crippen LogP contribution in [0.3, 0.4) is 0 Å². The van der Waals surface area contributed by atoms with Crippen molar-refractivity contribution < 1.29 is 0 Å². The van der Waals surface area contributed by atoms with Crippen LogP contribution in [0.4, 0.5) is 17.2 Å². The van der Waals surface area contributed by atoms with Crippen molar-refractivity contribution in [2.24, 2.45) is 0 Å². The molecule has 1 aliphatic carbocycles. The number of aromatic nitrogens is 1. The van der Waals surface area contributed by atoms with Crippen molar-refractivity contribution in [2.45, 2.75) is 58.4 Å². The Kier molecular flexibility index (Phi) is 6.50. The number of rotatable bonds is 7. The Balaban J connectivity index is 1.54. The van der Waals surface area contributed by atoms with E-state index < -0.39 is 0 Å². The molecule has 0 unspecified atom stereocenters. The van der Waals surface area contributed by atoms with Gasteiger partial charge in [0.15, 0.2) is 0 Å². The number of nitrogens with zero attached hydrogens (tertiary/aromatic N) is 2. The zero-order valence-electron chi connectivity index (χ0n) is 17.9. The van der Waals surface area contributed by atoms with Crippen molar-refractivity contribution in [1.82, 2.24) is 10.3 Å². The molecule has 2 heterocycles. The van der Waals surface area contributed by atoms with Gasteiger partial charge >= 0.3 is 0 Å². The van der Waals surface area contributed by atoms with Crippen LogP contribution < -0.4 is 26.1 Å². The van der Waals surface area contributed by atoms with Gasteiger partial charge in [0.05, 0.1) is 5.35 Å². The number of piperidine rings is 1. The lowest BCUT2D eigenvalue weighted by molar-refractivity contribution is 0.412. The predicted octanol–water partition coefficient (Wildman–Crippen LogP) is 3.85. The average Bonchev–Trinajstić information content (AvgIpc) is 2.75. The van der Waals surface area contributed by atoms with E-state index in [0.29, 0.717) is 6.04 Å². The molecule has 2 aliphatic rings. The third-order valence-corrected chi connectivity index (χ3v) is 6.04. The van der Waals surface area contributed by atoms with E-state index in [1.807, 2.05) is 0 Å². The van der Waals surface area contributed by atoms with Crippen LogP contribution >= 0.6 is 0 Å². The summed E-state index contributed by atoms with van der Waals surface area (Å²) in [5.74, 6) is 0.942. The molecule has 0 atom stereocenters. The van der Waals surface area contributed by atoms with E-state index in [1.54, 1.807) is 0 Å². The summed E-state index contributed by atoms with van der Waals surface area (Å²) in [7, 11) is 0. The molecule has 29 heavy (non-hydrogen) atoms. The SMILES string of the molecule is CCCCNC1CCN(c2cc(Nc3ccc(C)cc3)nc3c2=CCCC=3)CC1. The molecule has 1 saturated heterocycles. The second kappa shape index (κ2) is 9.45. The van der Waals surface area contributed by atoms with Crippen LogP contribution in [0.25, 0.3) is 12.2 Å². The van der Waals surface area contributed by atoms with Crippen LogP contribution in [0.5, 0.6) is 0 Å². The van der Waals surface area contributed by atoms with Gasteiger partial charge in [-0.05, 0) is 57.7 Å². The summed E-state index contributed by atoms with van der Waals surface area (Å²) in [6, 6.07) is 11.4. The molecule has 2 aromatic rings. The first-order chi connectivity index (χ1) is 14.2. The van der Waals surface area contributed by atoms with Gasteiger partial charge in [0.25, 0.3) is 0 Å². The van der Waals surface area contributed by atoms with E-state index in [1.165, 1.54) is 42.2 Å². The Morgan fingerprint density at radius 1 is 1.07 bits per heavy atom. The molecule has 1 aromatic heterocycles. The normalized spacial score (nSPS) is 16.7. The number of benzene rings is 1. The van der Waals surface area contributed by atoms with Crippen molar-refractivity contribution >= 4 is 29.3 Å². The standard InChI is InChI=1S/C25H34N4/c1-3-4-15-26-20-13-16-29(17-14-20)24-18-25(27-21-11-9-19(2)10-12-21)28-23-8-6-5-7-22(23)24/h7-12,18,20,26H,3-6,13-17H2,1-2H3,(H,27,28). The van der Waals surface area contributed by atoms with Gasteiger partial charge < -0.3 is 15.5 Å². The molecule has 4 nitrogen and oxygen atoms in total. The number of nitrogens with one attached hydrogen (secondary N) is 2. The molecular formula is C25H34N4. The van der Waals surface area contributed by atoms with Gasteiger partial charge in [0.1, 0.15) is 5.82 Å². The highest BCUT2D eigenvalue weighted by Crippen LogP contribution is 2.21. The second-order valence-corrected chi connectivity index (χ2v) is 8.37. The van der Waals surface area contributed by atoms with E-state index in [2.05, 4.69) is 71.9 Å². The number of anilines is 3. The Morgan fingerprint density at radius 3 is 2.59 bits per heavy atom. The molecule has 154 valence electrons. The van der Waals surface area contributed by atoms with Gasteiger partial charge in [-0.25, -0.2) is 4.98 Å². The average molecular weight is 391 g/mol. The Hall–Kier alpha value is -2.33. The van der Waals surface area contributed by atoms with Crippen LogP contribution in [0.1, 0.15) is 51.0 Å². The molecule has 2 N–H and O–H groups in total. The fraction of sp³-hybridized carbons (Fsp3) is 0.480. The molecule has 0 bridgehead atoms. The number of pyridine rings is 1. The van der Waals surface area contributed by atoms with E-state index in [4.69, 9.17) is 4.98 Å². The van der Waals surface area contributed by atoms with Crippen molar-refractivity contribution in [1.29, 1.82) is 0 Å². The Morgan fingerprint density at radius 2 is 1.83 bits per heavy atom. The Bertz CT molecular complexity index is 925. The molecule has 0 amide bonds. The first-order valence-corrected chi connectivity index (χ1v) is 11.3. The smallest absolute Gasteiger partial charge is 0.133 e. The highest BCUT2D eigenvalue weighted by molar-refractivity contribution is 5.64.